The van der Waals surface area contributed by atoms with Crippen LogP contribution in [0.1, 0.15) is 15.9 Å². The van der Waals surface area contributed by atoms with Gasteiger partial charge < -0.3 is 9.67 Å². The molecule has 0 fully saturated rings. The van der Waals surface area contributed by atoms with Gasteiger partial charge in [0.1, 0.15) is 0 Å². The second-order valence-corrected chi connectivity index (χ2v) is 6.29. The summed E-state index contributed by atoms with van der Waals surface area (Å²) in [5, 5.41) is 9.04. The average molecular weight is 308 g/mol. The largest absolute Gasteiger partial charge is 0.478 e. The van der Waals surface area contributed by atoms with E-state index in [9.17, 15) is 13.2 Å². The molecule has 1 aromatic heterocycles. The zero-order valence-electron chi connectivity index (χ0n) is 11.5. The van der Waals surface area contributed by atoms with Crippen molar-refractivity contribution in [1.82, 2.24) is 9.29 Å². The maximum Gasteiger partial charge on any atom is 0.335 e. The Morgan fingerprint density at radius 1 is 1.24 bits per heavy atom. The number of hydrogen-bond donors (Lipinski definition) is 2. The number of nitrogens with one attached hydrogen (secondary N) is 1. The van der Waals surface area contributed by atoms with Crippen molar-refractivity contribution in [2.75, 3.05) is 6.54 Å². The van der Waals surface area contributed by atoms with E-state index in [0.717, 1.165) is 0 Å². The van der Waals surface area contributed by atoms with E-state index in [1.54, 1.807) is 0 Å². The number of nitrogens with zero attached hydrogens (tertiary/aromatic N) is 1. The van der Waals surface area contributed by atoms with Gasteiger partial charge in [-0.05, 0) is 36.8 Å². The van der Waals surface area contributed by atoms with Gasteiger partial charge in [-0.2, -0.15) is 0 Å². The molecule has 2 N–H and O–H groups in total. The fraction of sp³-hybridized carbons (Fsp3) is 0.214. The van der Waals surface area contributed by atoms with E-state index in [1.807, 2.05) is 29.1 Å². The summed E-state index contributed by atoms with van der Waals surface area (Å²) in [6.45, 7) is 2.22. The van der Waals surface area contributed by atoms with Gasteiger partial charge in [0.05, 0.1) is 10.5 Å². The maximum absolute atomic E-state index is 12.2. The molecule has 0 aliphatic rings. The van der Waals surface area contributed by atoms with Crippen LogP contribution in [0.15, 0.2) is 47.6 Å². The highest BCUT2D eigenvalue weighted by atomic mass is 32.2. The number of rotatable bonds is 6. The molecule has 0 saturated heterocycles. The predicted octanol–water partition coefficient (Wildman–Crippen LogP) is 1.47. The van der Waals surface area contributed by atoms with Crippen LogP contribution in [-0.4, -0.2) is 30.6 Å². The number of benzene rings is 1. The van der Waals surface area contributed by atoms with Crippen molar-refractivity contribution in [2.24, 2.45) is 0 Å². The highest BCUT2D eigenvalue weighted by Crippen LogP contribution is 2.18. The Hall–Kier alpha value is -2.12. The summed E-state index contributed by atoms with van der Waals surface area (Å²) < 4.78 is 28.8. The van der Waals surface area contributed by atoms with Crippen LogP contribution in [0.2, 0.25) is 0 Å². The Morgan fingerprint density at radius 2 is 1.90 bits per heavy atom. The van der Waals surface area contributed by atoms with Gasteiger partial charge in [-0.3, -0.25) is 0 Å². The van der Waals surface area contributed by atoms with E-state index >= 15 is 0 Å². The first-order chi connectivity index (χ1) is 9.92. The maximum atomic E-state index is 12.2. The molecule has 2 aromatic rings. The molecular formula is C14H16N2O4S. The number of carboxylic acids is 1. The molecule has 112 valence electrons. The summed E-state index contributed by atoms with van der Waals surface area (Å²) in [5.74, 6) is -1.14. The Balaban J connectivity index is 2.16. The second kappa shape index (κ2) is 6.11. The monoisotopic (exact) mass is 308 g/mol. The van der Waals surface area contributed by atoms with Crippen LogP contribution in [0.25, 0.3) is 0 Å². The molecule has 21 heavy (non-hydrogen) atoms. The molecule has 1 heterocycles. The lowest BCUT2D eigenvalue weighted by molar-refractivity contribution is 0.0696. The Bertz CT molecular complexity index is 736. The van der Waals surface area contributed by atoms with Gasteiger partial charge in [0.15, 0.2) is 0 Å². The lowest BCUT2D eigenvalue weighted by atomic mass is 10.1. The van der Waals surface area contributed by atoms with Crippen LogP contribution in [0.5, 0.6) is 0 Å². The Labute approximate surface area is 123 Å². The minimum absolute atomic E-state index is 0.00472. The van der Waals surface area contributed by atoms with Gasteiger partial charge in [-0.15, -0.1) is 0 Å². The lowest BCUT2D eigenvalue weighted by Gasteiger charge is -2.11. The molecule has 0 aliphatic carbocycles. The van der Waals surface area contributed by atoms with Crippen molar-refractivity contribution in [2.45, 2.75) is 18.4 Å². The summed E-state index contributed by atoms with van der Waals surface area (Å²) in [5.41, 5.74) is 0.224. The van der Waals surface area contributed by atoms with Crippen molar-refractivity contribution in [1.29, 1.82) is 0 Å². The van der Waals surface area contributed by atoms with Gasteiger partial charge in [0, 0.05) is 25.5 Å². The molecule has 0 amide bonds. The summed E-state index contributed by atoms with van der Waals surface area (Å²) in [6.07, 6.45) is 3.68. The minimum atomic E-state index is -3.73. The SMILES string of the molecule is Cc1c(C(=O)O)cccc1S(=O)(=O)NCCn1cccc1. The summed E-state index contributed by atoms with van der Waals surface area (Å²) in [4.78, 5) is 11.0. The van der Waals surface area contributed by atoms with E-state index in [4.69, 9.17) is 5.11 Å². The number of sulfonamides is 1. The summed E-state index contributed by atoms with van der Waals surface area (Å²) >= 11 is 0. The molecular weight excluding hydrogens is 292 g/mol. The molecule has 0 aliphatic heterocycles. The first-order valence-corrected chi connectivity index (χ1v) is 7.83. The van der Waals surface area contributed by atoms with Gasteiger partial charge in [-0.1, -0.05) is 6.07 Å². The quantitative estimate of drug-likeness (QED) is 0.846. The standard InChI is InChI=1S/C14H16N2O4S/c1-11-12(14(17)18)5-4-6-13(11)21(19,20)15-7-10-16-8-2-3-9-16/h2-6,8-9,15H,7,10H2,1H3,(H,17,18). The lowest BCUT2D eigenvalue weighted by Crippen LogP contribution is -2.28. The molecule has 7 heteroatoms. The number of aromatic nitrogens is 1. The number of aromatic carboxylic acids is 1. The van der Waals surface area contributed by atoms with E-state index in [-0.39, 0.29) is 22.6 Å². The Morgan fingerprint density at radius 3 is 2.52 bits per heavy atom. The third-order valence-corrected chi connectivity index (χ3v) is 4.74. The normalized spacial score (nSPS) is 11.5. The zero-order valence-corrected chi connectivity index (χ0v) is 12.3. The summed E-state index contributed by atoms with van der Waals surface area (Å²) in [7, 11) is -3.73. The van der Waals surface area contributed by atoms with E-state index < -0.39 is 16.0 Å². The van der Waals surface area contributed by atoms with Crippen LogP contribution < -0.4 is 4.72 Å². The molecule has 0 spiro atoms. The van der Waals surface area contributed by atoms with Crippen molar-refractivity contribution in [3.05, 3.63) is 53.9 Å². The van der Waals surface area contributed by atoms with E-state index in [2.05, 4.69) is 4.72 Å². The molecule has 0 unspecified atom stereocenters. The Kier molecular flexibility index (Phi) is 4.44. The molecule has 1 aromatic carbocycles. The smallest absolute Gasteiger partial charge is 0.335 e. The topological polar surface area (TPSA) is 88.4 Å². The average Bonchev–Trinajstić information content (AvgIpc) is 2.91. The van der Waals surface area contributed by atoms with Crippen LogP contribution in [0.4, 0.5) is 0 Å². The first-order valence-electron chi connectivity index (χ1n) is 6.35. The fourth-order valence-corrected chi connectivity index (χ4v) is 3.33. The molecule has 2 rings (SSSR count). The van der Waals surface area contributed by atoms with Crippen molar-refractivity contribution in [3.8, 4) is 0 Å². The molecule has 0 saturated carbocycles. The van der Waals surface area contributed by atoms with Crippen molar-refractivity contribution < 1.29 is 18.3 Å². The minimum Gasteiger partial charge on any atom is -0.478 e. The first kappa shape index (κ1) is 15.3. The molecule has 6 nitrogen and oxygen atoms in total. The van der Waals surface area contributed by atoms with Gasteiger partial charge in [0.25, 0.3) is 0 Å². The molecule has 0 bridgehead atoms. The highest BCUT2D eigenvalue weighted by Gasteiger charge is 2.20. The number of carbonyl (C=O) groups is 1. The summed E-state index contributed by atoms with van der Waals surface area (Å²) in [6, 6.07) is 7.93. The van der Waals surface area contributed by atoms with Crippen LogP contribution in [0, 0.1) is 6.92 Å². The van der Waals surface area contributed by atoms with E-state index in [0.29, 0.717) is 6.54 Å². The number of hydrogen-bond acceptors (Lipinski definition) is 3. The van der Waals surface area contributed by atoms with Crippen LogP contribution in [0.3, 0.4) is 0 Å². The second-order valence-electron chi connectivity index (χ2n) is 4.55. The molecule has 0 atom stereocenters. The number of carboxylic acid groups (broad SMARTS) is 1. The zero-order chi connectivity index (χ0) is 15.5. The predicted molar refractivity (Wildman–Crippen MR) is 77.8 cm³/mol. The van der Waals surface area contributed by atoms with Gasteiger partial charge in [0.2, 0.25) is 10.0 Å². The van der Waals surface area contributed by atoms with Crippen LogP contribution in [-0.2, 0) is 16.6 Å². The molecule has 0 radical (unpaired) electrons. The highest BCUT2D eigenvalue weighted by molar-refractivity contribution is 7.89. The van der Waals surface area contributed by atoms with Crippen molar-refractivity contribution in [3.63, 3.8) is 0 Å². The third-order valence-electron chi connectivity index (χ3n) is 3.13. The van der Waals surface area contributed by atoms with Crippen LogP contribution >= 0.6 is 0 Å². The van der Waals surface area contributed by atoms with Gasteiger partial charge >= 0.3 is 5.97 Å². The van der Waals surface area contributed by atoms with Gasteiger partial charge in [-0.25, -0.2) is 17.9 Å². The third kappa shape index (κ3) is 3.50. The fourth-order valence-electron chi connectivity index (χ4n) is 2.04. The van der Waals surface area contributed by atoms with Crippen molar-refractivity contribution >= 4 is 16.0 Å². The van der Waals surface area contributed by atoms with E-state index in [1.165, 1.54) is 25.1 Å².